The first kappa shape index (κ1) is 19.6. The Bertz CT molecular complexity index is 712. The molecule has 1 aliphatic rings. The summed E-state index contributed by atoms with van der Waals surface area (Å²) in [5, 5.41) is 2.40. The Morgan fingerprint density at radius 1 is 0.963 bits per heavy atom. The maximum Gasteiger partial charge on any atom is 0.231 e. The third-order valence-corrected chi connectivity index (χ3v) is 5.22. The molecule has 1 atom stereocenters. The van der Waals surface area contributed by atoms with Crippen molar-refractivity contribution in [1.82, 2.24) is 0 Å². The van der Waals surface area contributed by atoms with Crippen molar-refractivity contribution in [2.75, 3.05) is 20.4 Å². The highest BCUT2D eigenvalue weighted by molar-refractivity contribution is 5.45. The van der Waals surface area contributed by atoms with Gasteiger partial charge >= 0.3 is 0 Å². The number of ether oxygens (including phenoxy) is 3. The van der Waals surface area contributed by atoms with Crippen molar-refractivity contribution in [3.63, 3.8) is 0 Å². The van der Waals surface area contributed by atoms with Crippen LogP contribution in [0.5, 0.6) is 17.2 Å². The predicted molar refractivity (Wildman–Crippen MR) is 107 cm³/mol. The molecule has 0 bridgehead atoms. The van der Waals surface area contributed by atoms with E-state index in [1.54, 1.807) is 7.11 Å². The lowest BCUT2D eigenvalue weighted by Gasteiger charge is -2.18. The highest BCUT2D eigenvalue weighted by atomic mass is 16.7. The molecule has 0 aromatic heterocycles. The number of nitrogens with two attached hydrogens (primary N) is 1. The summed E-state index contributed by atoms with van der Waals surface area (Å²) in [6.07, 6.45) is 3.63. The monoisotopic (exact) mass is 370 g/mol. The minimum Gasteiger partial charge on any atom is -0.497 e. The topological polar surface area (TPSA) is 44.3 Å². The molecule has 0 saturated heterocycles. The molecule has 146 valence electrons. The second-order valence-corrected chi connectivity index (χ2v) is 7.70. The van der Waals surface area contributed by atoms with E-state index in [9.17, 15) is 0 Å². The third kappa shape index (κ3) is 5.64. The van der Waals surface area contributed by atoms with Crippen LogP contribution in [0.1, 0.15) is 50.2 Å². The molecule has 2 aromatic carbocycles. The van der Waals surface area contributed by atoms with Gasteiger partial charge in [-0.05, 0) is 60.2 Å². The molecule has 2 aromatic rings. The van der Waals surface area contributed by atoms with Gasteiger partial charge in [-0.15, -0.1) is 0 Å². The molecule has 3 rings (SSSR count). The van der Waals surface area contributed by atoms with E-state index in [0.29, 0.717) is 12.7 Å². The summed E-state index contributed by atoms with van der Waals surface area (Å²) in [5.74, 6) is 3.96. The van der Waals surface area contributed by atoms with Gasteiger partial charge < -0.3 is 19.5 Å². The molecule has 0 unspecified atom stereocenters. The van der Waals surface area contributed by atoms with Gasteiger partial charge in [-0.1, -0.05) is 26.3 Å². The van der Waals surface area contributed by atoms with Gasteiger partial charge in [0, 0.05) is 12.0 Å². The normalized spacial score (nSPS) is 13.8. The molecule has 1 aliphatic heterocycles. The maximum atomic E-state index is 5.58. The van der Waals surface area contributed by atoms with Gasteiger partial charge in [0.1, 0.15) is 12.3 Å². The van der Waals surface area contributed by atoms with Crippen LogP contribution >= 0.6 is 0 Å². The van der Waals surface area contributed by atoms with E-state index in [4.69, 9.17) is 14.2 Å². The fourth-order valence-electron chi connectivity index (χ4n) is 3.53. The first-order valence-corrected chi connectivity index (χ1v) is 10.00. The molecular formula is C23H32NO3+. The van der Waals surface area contributed by atoms with Gasteiger partial charge in [-0.3, -0.25) is 0 Å². The molecule has 0 aliphatic carbocycles. The lowest BCUT2D eigenvalue weighted by Crippen LogP contribution is -2.82. The summed E-state index contributed by atoms with van der Waals surface area (Å²) in [6, 6.07) is 14.8. The first-order chi connectivity index (χ1) is 13.2. The summed E-state index contributed by atoms with van der Waals surface area (Å²) in [7, 11) is 1.70. The van der Waals surface area contributed by atoms with Crippen molar-refractivity contribution in [2.24, 2.45) is 5.92 Å². The van der Waals surface area contributed by atoms with Crippen LogP contribution in [0.3, 0.4) is 0 Å². The average molecular weight is 371 g/mol. The second kappa shape index (κ2) is 9.65. The van der Waals surface area contributed by atoms with Crippen LogP contribution in [0, 0.1) is 5.92 Å². The maximum absolute atomic E-state index is 5.58. The van der Waals surface area contributed by atoms with E-state index < -0.39 is 0 Å². The van der Waals surface area contributed by atoms with E-state index in [0.717, 1.165) is 36.3 Å². The highest BCUT2D eigenvalue weighted by Crippen LogP contribution is 2.36. The van der Waals surface area contributed by atoms with Crippen LogP contribution in [0.15, 0.2) is 42.5 Å². The standard InChI is InChI=1S/C23H31NO3/c1-17(2)4-7-19(20-8-11-22-23(14-20)27-16-26-22)12-13-24-15-18-5-9-21(25-3)10-6-18/h5-6,8-11,14,17,19,24H,4,7,12-13,15-16H2,1-3H3/p+1/t19-/m1/s1. The fourth-order valence-corrected chi connectivity index (χ4v) is 3.53. The number of hydrogen-bond donors (Lipinski definition) is 1. The summed E-state index contributed by atoms with van der Waals surface area (Å²) >= 11 is 0. The largest absolute Gasteiger partial charge is 0.497 e. The molecule has 4 heteroatoms. The molecule has 2 N–H and O–H groups in total. The van der Waals surface area contributed by atoms with Gasteiger partial charge in [-0.25, -0.2) is 0 Å². The zero-order chi connectivity index (χ0) is 19.1. The first-order valence-electron chi connectivity index (χ1n) is 10.00. The summed E-state index contributed by atoms with van der Waals surface area (Å²) in [6.45, 7) is 7.05. The van der Waals surface area contributed by atoms with Crippen LogP contribution in [0.25, 0.3) is 0 Å². The van der Waals surface area contributed by atoms with E-state index >= 15 is 0 Å². The molecule has 4 nitrogen and oxygen atoms in total. The van der Waals surface area contributed by atoms with Crippen molar-refractivity contribution in [3.8, 4) is 17.2 Å². The summed E-state index contributed by atoms with van der Waals surface area (Å²) in [5.41, 5.74) is 2.70. The Morgan fingerprint density at radius 2 is 1.74 bits per heavy atom. The molecule has 27 heavy (non-hydrogen) atoms. The Labute approximate surface area is 162 Å². The summed E-state index contributed by atoms with van der Waals surface area (Å²) < 4.78 is 16.3. The highest BCUT2D eigenvalue weighted by Gasteiger charge is 2.19. The lowest BCUT2D eigenvalue weighted by atomic mass is 9.88. The fraction of sp³-hybridized carbons (Fsp3) is 0.478. The lowest BCUT2D eigenvalue weighted by molar-refractivity contribution is -0.671. The molecule has 0 fully saturated rings. The van der Waals surface area contributed by atoms with E-state index in [-0.39, 0.29) is 0 Å². The van der Waals surface area contributed by atoms with Crippen molar-refractivity contribution >= 4 is 0 Å². The number of quaternary nitrogens is 1. The van der Waals surface area contributed by atoms with E-state index in [1.165, 1.54) is 30.4 Å². The SMILES string of the molecule is COc1ccc(C[NH2+]CC[C@@H](CCC(C)C)c2ccc3c(c2)OCO3)cc1. The minimum absolute atomic E-state index is 0.338. The van der Waals surface area contributed by atoms with E-state index in [2.05, 4.69) is 49.5 Å². The quantitative estimate of drug-likeness (QED) is 0.641. The summed E-state index contributed by atoms with van der Waals surface area (Å²) in [4.78, 5) is 0. The van der Waals surface area contributed by atoms with Crippen molar-refractivity contribution in [2.45, 2.75) is 45.6 Å². The minimum atomic E-state index is 0.338. The second-order valence-electron chi connectivity index (χ2n) is 7.70. The van der Waals surface area contributed by atoms with E-state index in [1.807, 2.05) is 12.1 Å². The average Bonchev–Trinajstić information content (AvgIpc) is 3.15. The molecule has 0 amide bonds. The smallest absolute Gasteiger partial charge is 0.231 e. The van der Waals surface area contributed by atoms with Crippen molar-refractivity contribution < 1.29 is 19.5 Å². The van der Waals surface area contributed by atoms with Crippen molar-refractivity contribution in [3.05, 3.63) is 53.6 Å². The zero-order valence-electron chi connectivity index (χ0n) is 16.7. The third-order valence-electron chi connectivity index (χ3n) is 5.22. The number of methoxy groups -OCH3 is 1. The van der Waals surface area contributed by atoms with Gasteiger partial charge in [0.2, 0.25) is 6.79 Å². The van der Waals surface area contributed by atoms with Gasteiger partial charge in [0.05, 0.1) is 13.7 Å². The van der Waals surface area contributed by atoms with Crippen LogP contribution < -0.4 is 19.5 Å². The number of benzene rings is 2. The Morgan fingerprint density at radius 3 is 2.48 bits per heavy atom. The number of fused-ring (bicyclic) bond motifs is 1. The Kier molecular flexibility index (Phi) is 6.99. The predicted octanol–water partition coefficient (Wildman–Crippen LogP) is 4.10. The van der Waals surface area contributed by atoms with Gasteiger partial charge in [-0.2, -0.15) is 0 Å². The van der Waals surface area contributed by atoms with Gasteiger partial charge in [0.15, 0.2) is 11.5 Å². The Balaban J connectivity index is 1.54. The molecule has 1 heterocycles. The van der Waals surface area contributed by atoms with Gasteiger partial charge in [0.25, 0.3) is 0 Å². The molecule has 0 radical (unpaired) electrons. The zero-order valence-corrected chi connectivity index (χ0v) is 16.7. The molecule has 0 spiro atoms. The number of rotatable bonds is 10. The van der Waals surface area contributed by atoms with Crippen LogP contribution in [0.4, 0.5) is 0 Å². The van der Waals surface area contributed by atoms with Crippen molar-refractivity contribution in [1.29, 1.82) is 0 Å². The molecule has 0 saturated carbocycles. The Hall–Kier alpha value is -2.20. The molecular weight excluding hydrogens is 338 g/mol. The van der Waals surface area contributed by atoms with Crippen LogP contribution in [-0.2, 0) is 6.54 Å². The van der Waals surface area contributed by atoms with Crippen LogP contribution in [-0.4, -0.2) is 20.4 Å². The number of hydrogen-bond acceptors (Lipinski definition) is 3. The van der Waals surface area contributed by atoms with Crippen LogP contribution in [0.2, 0.25) is 0 Å².